The quantitative estimate of drug-likeness (QED) is 0.686. The van der Waals surface area contributed by atoms with Gasteiger partial charge in [0.1, 0.15) is 0 Å². The summed E-state index contributed by atoms with van der Waals surface area (Å²) in [7, 11) is 2.04. The number of amides is 1. The fourth-order valence-electron chi connectivity index (χ4n) is 1.89. The lowest BCUT2D eigenvalue weighted by Crippen LogP contribution is -2.26. The molecule has 1 aromatic rings. The number of ether oxygens (including phenoxy) is 1. The van der Waals surface area contributed by atoms with Crippen LogP contribution in [0.15, 0.2) is 24.3 Å². The minimum Gasteiger partial charge on any atom is -0.397 e. The Balaban J connectivity index is 2.17. The number of rotatable bonds is 9. The van der Waals surface area contributed by atoms with E-state index in [2.05, 4.69) is 10.2 Å². The van der Waals surface area contributed by atoms with E-state index < -0.39 is 0 Å². The van der Waals surface area contributed by atoms with E-state index in [-0.39, 0.29) is 12.0 Å². The molecule has 0 saturated carbocycles. The number of para-hydroxylation sites is 2. The van der Waals surface area contributed by atoms with Crippen molar-refractivity contribution < 1.29 is 9.53 Å². The molecule has 0 bridgehead atoms. The summed E-state index contributed by atoms with van der Waals surface area (Å²) in [5.41, 5.74) is 7.06. The molecule has 0 atom stereocenters. The lowest BCUT2D eigenvalue weighted by molar-refractivity contribution is -0.116. The molecule has 0 fully saturated rings. The Labute approximate surface area is 127 Å². The Hall–Kier alpha value is -1.59. The second-order valence-electron chi connectivity index (χ2n) is 5.46. The van der Waals surface area contributed by atoms with E-state index in [1.54, 1.807) is 6.07 Å². The first-order chi connectivity index (χ1) is 9.99. The van der Waals surface area contributed by atoms with Crippen LogP contribution in [0.5, 0.6) is 0 Å². The van der Waals surface area contributed by atoms with E-state index in [4.69, 9.17) is 10.5 Å². The van der Waals surface area contributed by atoms with Crippen molar-refractivity contribution in [3.05, 3.63) is 24.3 Å². The van der Waals surface area contributed by atoms with Gasteiger partial charge < -0.3 is 20.7 Å². The molecule has 0 aliphatic rings. The van der Waals surface area contributed by atoms with Crippen molar-refractivity contribution in [2.45, 2.75) is 32.8 Å². The van der Waals surface area contributed by atoms with E-state index in [1.165, 1.54) is 0 Å². The fourth-order valence-corrected chi connectivity index (χ4v) is 1.89. The maximum absolute atomic E-state index is 11.8. The molecule has 1 rings (SSSR count). The van der Waals surface area contributed by atoms with Gasteiger partial charge >= 0.3 is 0 Å². The predicted molar refractivity (Wildman–Crippen MR) is 87.3 cm³/mol. The van der Waals surface area contributed by atoms with Crippen LogP contribution >= 0.6 is 0 Å². The second kappa shape index (κ2) is 9.37. The number of carbonyl (C=O) groups excluding carboxylic acids is 1. The van der Waals surface area contributed by atoms with Gasteiger partial charge in [-0.1, -0.05) is 12.1 Å². The van der Waals surface area contributed by atoms with Crippen LogP contribution < -0.4 is 11.1 Å². The SMILES string of the molecule is CC(C)OCCN(C)CCCC(=O)Nc1ccccc1N. The number of nitrogens with two attached hydrogens (primary N) is 1. The highest BCUT2D eigenvalue weighted by atomic mass is 16.5. The van der Waals surface area contributed by atoms with Crippen LogP contribution in [0.3, 0.4) is 0 Å². The molecule has 0 aliphatic heterocycles. The van der Waals surface area contributed by atoms with Crippen molar-refractivity contribution in [3.8, 4) is 0 Å². The van der Waals surface area contributed by atoms with Gasteiger partial charge in [0.25, 0.3) is 0 Å². The van der Waals surface area contributed by atoms with Gasteiger partial charge in [-0.05, 0) is 46.0 Å². The summed E-state index contributed by atoms with van der Waals surface area (Å²) in [6.45, 7) is 6.53. The van der Waals surface area contributed by atoms with Crippen LogP contribution in [0, 0.1) is 0 Å². The van der Waals surface area contributed by atoms with Crippen LogP contribution in [0.1, 0.15) is 26.7 Å². The first kappa shape index (κ1) is 17.5. The zero-order chi connectivity index (χ0) is 15.7. The maximum atomic E-state index is 11.8. The molecule has 0 aliphatic carbocycles. The summed E-state index contributed by atoms with van der Waals surface area (Å²) in [6.07, 6.45) is 1.57. The summed E-state index contributed by atoms with van der Waals surface area (Å²) in [6, 6.07) is 7.29. The van der Waals surface area contributed by atoms with Gasteiger partial charge in [-0.2, -0.15) is 0 Å². The number of hydrogen-bond acceptors (Lipinski definition) is 4. The van der Waals surface area contributed by atoms with Crippen molar-refractivity contribution in [2.24, 2.45) is 0 Å². The molecule has 1 amide bonds. The second-order valence-corrected chi connectivity index (χ2v) is 5.46. The highest BCUT2D eigenvalue weighted by molar-refractivity contribution is 5.93. The van der Waals surface area contributed by atoms with Gasteiger partial charge in [-0.3, -0.25) is 4.79 Å². The van der Waals surface area contributed by atoms with Crippen LogP contribution in [0.4, 0.5) is 11.4 Å². The van der Waals surface area contributed by atoms with E-state index in [0.29, 0.717) is 17.8 Å². The van der Waals surface area contributed by atoms with Gasteiger partial charge in [-0.15, -0.1) is 0 Å². The zero-order valence-electron chi connectivity index (χ0n) is 13.3. The Morgan fingerprint density at radius 1 is 1.33 bits per heavy atom. The van der Waals surface area contributed by atoms with E-state index in [9.17, 15) is 4.79 Å². The molecule has 0 heterocycles. The molecule has 0 radical (unpaired) electrons. The van der Waals surface area contributed by atoms with Gasteiger partial charge in [-0.25, -0.2) is 0 Å². The Kier molecular flexibility index (Phi) is 7.79. The smallest absolute Gasteiger partial charge is 0.224 e. The molecular formula is C16H27N3O2. The van der Waals surface area contributed by atoms with Crippen molar-refractivity contribution in [1.82, 2.24) is 4.90 Å². The highest BCUT2D eigenvalue weighted by Gasteiger charge is 2.06. The number of anilines is 2. The number of nitrogen functional groups attached to an aromatic ring is 1. The third-order valence-electron chi connectivity index (χ3n) is 3.10. The zero-order valence-corrected chi connectivity index (χ0v) is 13.3. The summed E-state index contributed by atoms with van der Waals surface area (Å²) >= 11 is 0. The molecule has 5 nitrogen and oxygen atoms in total. The topological polar surface area (TPSA) is 67.6 Å². The van der Waals surface area contributed by atoms with Crippen LogP contribution in [-0.4, -0.2) is 43.7 Å². The summed E-state index contributed by atoms with van der Waals surface area (Å²) in [4.78, 5) is 14.0. The summed E-state index contributed by atoms with van der Waals surface area (Å²) < 4.78 is 5.50. The van der Waals surface area contributed by atoms with E-state index in [1.807, 2.05) is 39.1 Å². The molecule has 5 heteroatoms. The highest BCUT2D eigenvalue weighted by Crippen LogP contribution is 2.16. The van der Waals surface area contributed by atoms with Crippen molar-refractivity contribution >= 4 is 17.3 Å². The molecule has 21 heavy (non-hydrogen) atoms. The van der Waals surface area contributed by atoms with Crippen molar-refractivity contribution in [3.63, 3.8) is 0 Å². The molecule has 0 unspecified atom stereocenters. The molecular weight excluding hydrogens is 266 g/mol. The number of benzene rings is 1. The number of nitrogens with zero attached hydrogens (tertiary/aromatic N) is 1. The van der Waals surface area contributed by atoms with Gasteiger partial charge in [0.15, 0.2) is 0 Å². The third kappa shape index (κ3) is 7.68. The van der Waals surface area contributed by atoms with Crippen molar-refractivity contribution in [2.75, 3.05) is 37.8 Å². The normalized spacial score (nSPS) is 11.1. The Morgan fingerprint density at radius 2 is 2.05 bits per heavy atom. The molecule has 0 spiro atoms. The van der Waals surface area contributed by atoms with Crippen LogP contribution in [-0.2, 0) is 9.53 Å². The van der Waals surface area contributed by atoms with Crippen LogP contribution in [0.2, 0.25) is 0 Å². The lowest BCUT2D eigenvalue weighted by Gasteiger charge is -2.17. The number of carbonyl (C=O) groups is 1. The fraction of sp³-hybridized carbons (Fsp3) is 0.562. The van der Waals surface area contributed by atoms with Gasteiger partial charge in [0.2, 0.25) is 5.91 Å². The standard InChI is InChI=1S/C16H27N3O2/c1-13(2)21-12-11-19(3)10-6-9-16(20)18-15-8-5-4-7-14(15)17/h4-5,7-8,13H,6,9-12,17H2,1-3H3,(H,18,20). The third-order valence-corrected chi connectivity index (χ3v) is 3.10. The predicted octanol–water partition coefficient (Wildman–Crippen LogP) is 2.34. The monoisotopic (exact) mass is 293 g/mol. The Morgan fingerprint density at radius 3 is 2.71 bits per heavy atom. The maximum Gasteiger partial charge on any atom is 0.224 e. The molecule has 3 N–H and O–H groups in total. The van der Waals surface area contributed by atoms with E-state index in [0.717, 1.165) is 26.1 Å². The summed E-state index contributed by atoms with van der Waals surface area (Å²) in [5.74, 6) is -0.000250. The largest absolute Gasteiger partial charge is 0.397 e. The molecule has 118 valence electrons. The molecule has 0 aromatic heterocycles. The van der Waals surface area contributed by atoms with E-state index >= 15 is 0 Å². The lowest BCUT2D eigenvalue weighted by atomic mass is 10.2. The van der Waals surface area contributed by atoms with Crippen molar-refractivity contribution in [1.29, 1.82) is 0 Å². The minimum absolute atomic E-state index is 0.000250. The summed E-state index contributed by atoms with van der Waals surface area (Å²) in [5, 5.41) is 2.83. The first-order valence-corrected chi connectivity index (χ1v) is 7.43. The number of likely N-dealkylation sites (N-methyl/N-ethyl adjacent to an activating group) is 1. The average molecular weight is 293 g/mol. The molecule has 0 saturated heterocycles. The number of hydrogen-bond donors (Lipinski definition) is 2. The molecule has 1 aromatic carbocycles. The minimum atomic E-state index is -0.000250. The number of nitrogens with one attached hydrogen (secondary N) is 1. The van der Waals surface area contributed by atoms with Gasteiger partial charge in [0.05, 0.1) is 24.1 Å². The first-order valence-electron chi connectivity index (χ1n) is 7.43. The Bertz CT molecular complexity index is 435. The average Bonchev–Trinajstić information content (AvgIpc) is 2.41. The van der Waals surface area contributed by atoms with Crippen LogP contribution in [0.25, 0.3) is 0 Å². The van der Waals surface area contributed by atoms with Gasteiger partial charge in [0, 0.05) is 13.0 Å².